The lowest BCUT2D eigenvalue weighted by Crippen LogP contribution is -2.27. The molecule has 15 heavy (non-hydrogen) atoms. The number of hydrogen-bond acceptors (Lipinski definition) is 4. The highest BCUT2D eigenvalue weighted by atomic mass is 15.2. The van der Waals surface area contributed by atoms with Crippen LogP contribution in [0.3, 0.4) is 0 Å². The highest BCUT2D eigenvalue weighted by Crippen LogP contribution is 2.07. The van der Waals surface area contributed by atoms with Crippen LogP contribution in [0.2, 0.25) is 0 Å². The molecule has 1 unspecified atom stereocenters. The molecule has 0 aliphatic rings. The predicted molar refractivity (Wildman–Crippen MR) is 63.2 cm³/mol. The molecular formula is C11H20N4. The number of nitrogens with zero attached hydrogens (tertiary/aromatic N) is 3. The van der Waals surface area contributed by atoms with E-state index in [1.807, 2.05) is 38.3 Å². The second-order valence-electron chi connectivity index (χ2n) is 3.84. The van der Waals surface area contributed by atoms with Gasteiger partial charge in [0.2, 0.25) is 5.95 Å². The van der Waals surface area contributed by atoms with Crippen molar-refractivity contribution in [3.8, 4) is 0 Å². The quantitative estimate of drug-likeness (QED) is 0.786. The lowest BCUT2D eigenvalue weighted by atomic mass is 10.1. The first-order valence-electron chi connectivity index (χ1n) is 5.33. The van der Waals surface area contributed by atoms with Crippen molar-refractivity contribution in [1.82, 2.24) is 15.3 Å². The summed E-state index contributed by atoms with van der Waals surface area (Å²) < 4.78 is 0. The molecule has 4 nitrogen and oxygen atoms in total. The fourth-order valence-corrected chi connectivity index (χ4v) is 1.42. The molecule has 1 rings (SSSR count). The first-order valence-corrected chi connectivity index (χ1v) is 5.33. The van der Waals surface area contributed by atoms with E-state index in [9.17, 15) is 0 Å². The van der Waals surface area contributed by atoms with Gasteiger partial charge in [0.15, 0.2) is 0 Å². The molecule has 0 aliphatic carbocycles. The Morgan fingerprint density at radius 2 is 2.20 bits per heavy atom. The van der Waals surface area contributed by atoms with E-state index in [1.165, 1.54) is 0 Å². The minimum absolute atomic E-state index is 0.495. The lowest BCUT2D eigenvalue weighted by Gasteiger charge is -2.15. The molecule has 1 heterocycles. The Labute approximate surface area is 91.7 Å². The fourth-order valence-electron chi connectivity index (χ4n) is 1.42. The molecule has 1 atom stereocenters. The van der Waals surface area contributed by atoms with Crippen LogP contribution in [-0.4, -0.2) is 37.2 Å². The van der Waals surface area contributed by atoms with Crippen LogP contribution in [0.5, 0.6) is 0 Å². The predicted octanol–water partition coefficient (Wildman–Crippen LogP) is 1.08. The van der Waals surface area contributed by atoms with Crippen molar-refractivity contribution < 1.29 is 0 Å². The van der Waals surface area contributed by atoms with Crippen molar-refractivity contribution in [1.29, 1.82) is 0 Å². The topological polar surface area (TPSA) is 41.1 Å². The van der Waals surface area contributed by atoms with Crippen molar-refractivity contribution in [2.75, 3.05) is 26.0 Å². The highest BCUT2D eigenvalue weighted by Gasteiger charge is 2.07. The van der Waals surface area contributed by atoms with Crippen molar-refractivity contribution in [3.05, 3.63) is 18.0 Å². The Hall–Kier alpha value is -1.16. The zero-order valence-electron chi connectivity index (χ0n) is 9.99. The van der Waals surface area contributed by atoms with Gasteiger partial charge in [0.05, 0.1) is 0 Å². The zero-order valence-corrected chi connectivity index (χ0v) is 9.99. The maximum atomic E-state index is 4.48. The molecule has 84 valence electrons. The van der Waals surface area contributed by atoms with E-state index in [0.717, 1.165) is 24.5 Å². The average Bonchev–Trinajstić information content (AvgIpc) is 2.26. The van der Waals surface area contributed by atoms with E-state index in [2.05, 4.69) is 22.2 Å². The smallest absolute Gasteiger partial charge is 0.224 e. The van der Waals surface area contributed by atoms with E-state index in [-0.39, 0.29) is 0 Å². The van der Waals surface area contributed by atoms with Gasteiger partial charge in [-0.25, -0.2) is 9.97 Å². The molecule has 0 aliphatic heterocycles. The molecule has 1 aromatic heterocycles. The van der Waals surface area contributed by atoms with Gasteiger partial charge in [0.1, 0.15) is 0 Å². The maximum Gasteiger partial charge on any atom is 0.224 e. The van der Waals surface area contributed by atoms with Crippen LogP contribution in [0, 0.1) is 0 Å². The molecule has 0 amide bonds. The SMILES string of the molecule is CCC(Cc1ccnc(N(C)C)n1)NC. The summed E-state index contributed by atoms with van der Waals surface area (Å²) >= 11 is 0. The first kappa shape index (κ1) is 11.9. The second kappa shape index (κ2) is 5.66. The van der Waals surface area contributed by atoms with Crippen LogP contribution < -0.4 is 10.2 Å². The molecule has 0 aromatic carbocycles. The third-order valence-corrected chi connectivity index (χ3v) is 2.46. The lowest BCUT2D eigenvalue weighted by molar-refractivity contribution is 0.537. The summed E-state index contributed by atoms with van der Waals surface area (Å²) in [7, 11) is 5.89. The van der Waals surface area contributed by atoms with Crippen LogP contribution in [0.1, 0.15) is 19.0 Å². The van der Waals surface area contributed by atoms with Crippen LogP contribution >= 0.6 is 0 Å². The van der Waals surface area contributed by atoms with Gasteiger partial charge in [-0.2, -0.15) is 0 Å². The largest absolute Gasteiger partial charge is 0.347 e. The molecule has 0 saturated carbocycles. The summed E-state index contributed by atoms with van der Waals surface area (Å²) in [5, 5.41) is 3.27. The number of rotatable bonds is 5. The minimum Gasteiger partial charge on any atom is -0.347 e. The molecular weight excluding hydrogens is 188 g/mol. The first-order chi connectivity index (χ1) is 7.17. The Morgan fingerprint density at radius 3 is 2.73 bits per heavy atom. The Bertz CT molecular complexity index is 294. The second-order valence-corrected chi connectivity index (χ2v) is 3.84. The van der Waals surface area contributed by atoms with Gasteiger partial charge in [-0.05, 0) is 19.5 Å². The molecule has 0 radical (unpaired) electrons. The average molecular weight is 208 g/mol. The van der Waals surface area contributed by atoms with E-state index < -0.39 is 0 Å². The van der Waals surface area contributed by atoms with Gasteiger partial charge in [0.25, 0.3) is 0 Å². The van der Waals surface area contributed by atoms with E-state index in [0.29, 0.717) is 6.04 Å². The number of nitrogens with one attached hydrogen (secondary N) is 1. The molecule has 0 fully saturated rings. The van der Waals surface area contributed by atoms with Crippen LogP contribution in [0.4, 0.5) is 5.95 Å². The molecule has 0 bridgehead atoms. The van der Waals surface area contributed by atoms with Crippen molar-refractivity contribution in [2.24, 2.45) is 0 Å². The van der Waals surface area contributed by atoms with Crippen LogP contribution in [-0.2, 0) is 6.42 Å². The summed E-state index contributed by atoms with van der Waals surface area (Å²) in [4.78, 5) is 10.6. The van der Waals surface area contributed by atoms with Gasteiger partial charge in [0, 0.05) is 38.4 Å². The third kappa shape index (κ3) is 3.47. The normalized spacial score (nSPS) is 12.5. The van der Waals surface area contributed by atoms with Gasteiger partial charge < -0.3 is 10.2 Å². The Balaban J connectivity index is 2.72. The Morgan fingerprint density at radius 1 is 1.47 bits per heavy atom. The van der Waals surface area contributed by atoms with Gasteiger partial charge in [-0.15, -0.1) is 0 Å². The summed E-state index contributed by atoms with van der Waals surface area (Å²) in [6.07, 6.45) is 3.88. The van der Waals surface area contributed by atoms with Gasteiger partial charge in [-0.1, -0.05) is 6.92 Å². The summed E-state index contributed by atoms with van der Waals surface area (Å²) in [5.41, 5.74) is 1.09. The van der Waals surface area contributed by atoms with Crippen molar-refractivity contribution >= 4 is 5.95 Å². The van der Waals surface area contributed by atoms with Crippen molar-refractivity contribution in [3.63, 3.8) is 0 Å². The van der Waals surface area contributed by atoms with Crippen molar-refractivity contribution in [2.45, 2.75) is 25.8 Å². The molecule has 0 saturated heterocycles. The summed E-state index contributed by atoms with van der Waals surface area (Å²) in [5.74, 6) is 0.776. The zero-order chi connectivity index (χ0) is 11.3. The fraction of sp³-hybridized carbons (Fsp3) is 0.636. The maximum absolute atomic E-state index is 4.48. The summed E-state index contributed by atoms with van der Waals surface area (Å²) in [6.45, 7) is 2.18. The number of aromatic nitrogens is 2. The molecule has 0 spiro atoms. The highest BCUT2D eigenvalue weighted by molar-refractivity contribution is 5.27. The summed E-state index contributed by atoms with van der Waals surface area (Å²) in [6, 6.07) is 2.47. The third-order valence-electron chi connectivity index (χ3n) is 2.46. The molecule has 1 aromatic rings. The molecule has 1 N–H and O–H groups in total. The number of anilines is 1. The Kier molecular flexibility index (Phi) is 4.49. The van der Waals surface area contributed by atoms with E-state index >= 15 is 0 Å². The minimum atomic E-state index is 0.495. The van der Waals surface area contributed by atoms with Crippen LogP contribution in [0.15, 0.2) is 12.3 Å². The molecule has 4 heteroatoms. The standard InChI is InChI=1S/C11H20N4/c1-5-9(12-2)8-10-6-7-13-11(14-10)15(3)4/h6-7,9,12H,5,8H2,1-4H3. The number of hydrogen-bond donors (Lipinski definition) is 1. The van der Waals surface area contributed by atoms with Crippen LogP contribution in [0.25, 0.3) is 0 Å². The monoisotopic (exact) mass is 208 g/mol. The van der Waals surface area contributed by atoms with Gasteiger partial charge in [-0.3, -0.25) is 0 Å². The van der Waals surface area contributed by atoms with E-state index in [4.69, 9.17) is 0 Å². The van der Waals surface area contributed by atoms with E-state index in [1.54, 1.807) is 0 Å². The van der Waals surface area contributed by atoms with Gasteiger partial charge >= 0.3 is 0 Å². The number of likely N-dealkylation sites (N-methyl/N-ethyl adjacent to an activating group) is 1.